The van der Waals surface area contributed by atoms with E-state index in [1.54, 1.807) is 0 Å². The van der Waals surface area contributed by atoms with Crippen LogP contribution in [0.5, 0.6) is 0 Å². The van der Waals surface area contributed by atoms with Gasteiger partial charge in [0.05, 0.1) is 5.60 Å². The minimum Gasteiger partial charge on any atom is -0.388 e. The number of nitrogens with one attached hydrogen (secondary N) is 1. The molecule has 1 saturated heterocycles. The summed E-state index contributed by atoms with van der Waals surface area (Å²) in [7, 11) is 0. The molecule has 5 heteroatoms. The number of nitrogen functional groups attached to an aromatic ring is 1. The van der Waals surface area contributed by atoms with Crippen molar-refractivity contribution in [2.24, 2.45) is 5.73 Å². The summed E-state index contributed by atoms with van der Waals surface area (Å²) in [5.41, 5.74) is 6.56. The van der Waals surface area contributed by atoms with Gasteiger partial charge in [0, 0.05) is 28.8 Å². The molecule has 1 atom stereocenters. The molecule has 17 heavy (non-hydrogen) atoms. The number of benzene rings is 1. The largest absolute Gasteiger partial charge is 0.388 e. The predicted molar refractivity (Wildman–Crippen MR) is 72.6 cm³/mol. The molecule has 1 fully saturated rings. The summed E-state index contributed by atoms with van der Waals surface area (Å²) in [4.78, 5) is 2.07. The Kier molecular flexibility index (Phi) is 3.14. The number of nitrogens with two attached hydrogens (primary N) is 1. The van der Waals surface area contributed by atoms with Crippen LogP contribution < -0.4 is 10.6 Å². The monoisotopic (exact) mass is 297 g/mol. The summed E-state index contributed by atoms with van der Waals surface area (Å²) in [5.74, 6) is 0.0489. The Morgan fingerprint density at radius 1 is 1.59 bits per heavy atom. The molecule has 0 spiro atoms. The summed E-state index contributed by atoms with van der Waals surface area (Å²) in [6.45, 7) is 3.20. The molecule has 0 aromatic heterocycles. The topological polar surface area (TPSA) is 73.3 Å². The number of aliphatic hydroxyl groups is 1. The van der Waals surface area contributed by atoms with Crippen molar-refractivity contribution in [3.8, 4) is 0 Å². The molecular weight excluding hydrogens is 282 g/mol. The molecule has 1 unspecified atom stereocenters. The number of nitrogens with zero attached hydrogens (tertiary/aromatic N) is 1. The average Bonchev–Trinajstić information content (AvgIpc) is 2.58. The maximum atomic E-state index is 9.97. The van der Waals surface area contributed by atoms with Crippen LogP contribution in [0.2, 0.25) is 0 Å². The van der Waals surface area contributed by atoms with Crippen molar-refractivity contribution in [3.63, 3.8) is 0 Å². The van der Waals surface area contributed by atoms with Crippen LogP contribution in [0.15, 0.2) is 22.7 Å². The minimum absolute atomic E-state index is 0.0489. The third-order valence-corrected chi connectivity index (χ3v) is 3.53. The van der Waals surface area contributed by atoms with Crippen LogP contribution in [-0.2, 0) is 0 Å². The third-order valence-electron chi connectivity index (χ3n) is 3.04. The van der Waals surface area contributed by atoms with Crippen LogP contribution in [0.1, 0.15) is 18.9 Å². The Balaban J connectivity index is 2.36. The maximum Gasteiger partial charge on any atom is 0.124 e. The van der Waals surface area contributed by atoms with Gasteiger partial charge in [0.1, 0.15) is 5.84 Å². The molecule has 1 aromatic rings. The first-order valence-corrected chi connectivity index (χ1v) is 6.30. The van der Waals surface area contributed by atoms with Crippen molar-refractivity contribution in [2.75, 3.05) is 18.0 Å². The summed E-state index contributed by atoms with van der Waals surface area (Å²) in [6.07, 6.45) is 0.737. The van der Waals surface area contributed by atoms with Gasteiger partial charge in [-0.2, -0.15) is 0 Å². The van der Waals surface area contributed by atoms with E-state index in [2.05, 4.69) is 20.8 Å². The molecule has 1 heterocycles. The molecule has 0 aliphatic carbocycles. The number of halogens is 1. The van der Waals surface area contributed by atoms with Gasteiger partial charge in [-0.3, -0.25) is 5.41 Å². The maximum absolute atomic E-state index is 9.97. The first-order valence-electron chi connectivity index (χ1n) is 5.50. The smallest absolute Gasteiger partial charge is 0.124 e. The van der Waals surface area contributed by atoms with Crippen LogP contribution in [0.25, 0.3) is 0 Å². The van der Waals surface area contributed by atoms with Gasteiger partial charge < -0.3 is 15.7 Å². The lowest BCUT2D eigenvalue weighted by atomic mass is 10.1. The van der Waals surface area contributed by atoms with Crippen molar-refractivity contribution < 1.29 is 5.11 Å². The standard InChI is InChI=1S/C12H16BrN3O/c1-12(17)4-5-16(7-12)10-3-2-8(13)6-9(10)11(14)15/h2-3,6,17H,4-5,7H2,1H3,(H3,14,15). The van der Waals surface area contributed by atoms with Crippen molar-refractivity contribution in [1.29, 1.82) is 5.41 Å². The Labute approximate surface area is 109 Å². The quantitative estimate of drug-likeness (QED) is 0.574. The van der Waals surface area contributed by atoms with Gasteiger partial charge in [-0.05, 0) is 31.5 Å². The molecule has 1 aliphatic heterocycles. The second-order valence-corrected chi connectivity index (χ2v) is 5.66. The van der Waals surface area contributed by atoms with E-state index in [0.717, 1.165) is 23.1 Å². The van der Waals surface area contributed by atoms with E-state index in [-0.39, 0.29) is 5.84 Å². The fourth-order valence-electron chi connectivity index (χ4n) is 2.15. The third kappa shape index (κ3) is 2.61. The van der Waals surface area contributed by atoms with Gasteiger partial charge >= 0.3 is 0 Å². The van der Waals surface area contributed by atoms with Gasteiger partial charge in [0.2, 0.25) is 0 Å². The molecule has 4 nitrogen and oxygen atoms in total. The SMILES string of the molecule is CC1(O)CCN(c2ccc(Br)cc2C(=N)N)C1. The second kappa shape index (κ2) is 4.31. The number of rotatable bonds is 2. The lowest BCUT2D eigenvalue weighted by Gasteiger charge is -2.23. The molecule has 4 N–H and O–H groups in total. The summed E-state index contributed by atoms with van der Waals surface area (Å²) >= 11 is 3.38. The summed E-state index contributed by atoms with van der Waals surface area (Å²) < 4.78 is 0.900. The molecule has 1 aromatic carbocycles. The Hall–Kier alpha value is -1.07. The number of anilines is 1. The van der Waals surface area contributed by atoms with E-state index in [1.165, 1.54) is 0 Å². The molecule has 0 amide bonds. The summed E-state index contributed by atoms with van der Waals surface area (Å²) in [6, 6.07) is 5.70. The van der Waals surface area contributed by atoms with Crippen LogP contribution in [0, 0.1) is 5.41 Å². The molecule has 0 bridgehead atoms. The minimum atomic E-state index is -0.652. The van der Waals surface area contributed by atoms with Crippen molar-refractivity contribution in [3.05, 3.63) is 28.2 Å². The molecule has 0 saturated carbocycles. The Bertz CT molecular complexity index is 459. The first-order chi connectivity index (χ1) is 7.89. The van der Waals surface area contributed by atoms with E-state index in [9.17, 15) is 5.11 Å². The van der Waals surface area contributed by atoms with Crippen molar-refractivity contribution in [1.82, 2.24) is 0 Å². The van der Waals surface area contributed by atoms with Crippen LogP contribution in [0.3, 0.4) is 0 Å². The van der Waals surface area contributed by atoms with Crippen molar-refractivity contribution in [2.45, 2.75) is 18.9 Å². The van der Waals surface area contributed by atoms with Gasteiger partial charge in [0.25, 0.3) is 0 Å². The molecular formula is C12H16BrN3O. The first kappa shape index (κ1) is 12.4. The lowest BCUT2D eigenvalue weighted by Crippen LogP contribution is -2.30. The fourth-order valence-corrected chi connectivity index (χ4v) is 2.51. The highest BCUT2D eigenvalue weighted by atomic mass is 79.9. The van der Waals surface area contributed by atoms with Gasteiger partial charge in [-0.25, -0.2) is 0 Å². The zero-order valence-corrected chi connectivity index (χ0v) is 11.3. The molecule has 1 aliphatic rings. The Morgan fingerprint density at radius 3 is 2.82 bits per heavy atom. The number of amidine groups is 1. The predicted octanol–water partition coefficient (Wildman–Crippen LogP) is 1.69. The van der Waals surface area contributed by atoms with Gasteiger partial charge in [-0.15, -0.1) is 0 Å². The van der Waals surface area contributed by atoms with E-state index in [4.69, 9.17) is 11.1 Å². The molecule has 0 radical (unpaired) electrons. The van der Waals surface area contributed by atoms with Crippen LogP contribution >= 0.6 is 15.9 Å². The average molecular weight is 298 g/mol. The zero-order chi connectivity index (χ0) is 12.6. The molecule has 92 valence electrons. The van der Waals surface area contributed by atoms with E-state index in [1.807, 2.05) is 25.1 Å². The normalized spacial score (nSPS) is 24.1. The number of hydrogen-bond donors (Lipinski definition) is 3. The zero-order valence-electron chi connectivity index (χ0n) is 9.70. The highest BCUT2D eigenvalue weighted by Crippen LogP contribution is 2.30. The van der Waals surface area contributed by atoms with Gasteiger partial charge in [-0.1, -0.05) is 15.9 Å². The van der Waals surface area contributed by atoms with E-state index >= 15 is 0 Å². The second-order valence-electron chi connectivity index (χ2n) is 4.74. The van der Waals surface area contributed by atoms with Crippen LogP contribution in [0.4, 0.5) is 5.69 Å². The Morgan fingerprint density at radius 2 is 2.29 bits per heavy atom. The summed E-state index contributed by atoms with van der Waals surface area (Å²) in [5, 5.41) is 17.6. The van der Waals surface area contributed by atoms with Crippen molar-refractivity contribution >= 4 is 27.5 Å². The molecule has 2 rings (SSSR count). The van der Waals surface area contributed by atoms with Crippen LogP contribution in [-0.4, -0.2) is 29.6 Å². The van der Waals surface area contributed by atoms with Gasteiger partial charge in [0.15, 0.2) is 0 Å². The fraction of sp³-hybridized carbons (Fsp3) is 0.417. The number of β-amino-alcohol motifs (C(OH)–C–C–N with tert-alkyl or cyclic N) is 1. The highest BCUT2D eigenvalue weighted by molar-refractivity contribution is 9.10. The highest BCUT2D eigenvalue weighted by Gasteiger charge is 2.32. The van der Waals surface area contributed by atoms with E-state index < -0.39 is 5.60 Å². The van der Waals surface area contributed by atoms with E-state index in [0.29, 0.717) is 12.1 Å². The number of hydrogen-bond acceptors (Lipinski definition) is 3. The lowest BCUT2D eigenvalue weighted by molar-refractivity contribution is 0.0839.